The highest BCUT2D eigenvalue weighted by atomic mass is 35.5. The van der Waals surface area contributed by atoms with Crippen LogP contribution < -0.4 is 4.74 Å². The second-order valence-electron chi connectivity index (χ2n) is 6.98. The molecule has 2 saturated carbocycles. The normalized spacial score (nSPS) is 21.7. The van der Waals surface area contributed by atoms with Gasteiger partial charge >= 0.3 is 0 Å². The standard InChI is InChI=1S/C21H22ClNO2/c1-25-20-9-5-2-6-14(20)13-23(15-10-11-15)21(24)18-12-17(18)16-7-3-4-8-19(16)22/h2-9,15,17-18H,10-13H2,1H3. The zero-order valence-corrected chi connectivity index (χ0v) is 15.1. The summed E-state index contributed by atoms with van der Waals surface area (Å²) in [7, 11) is 1.68. The molecule has 4 rings (SSSR count). The number of nitrogens with zero attached hydrogens (tertiary/aromatic N) is 1. The zero-order chi connectivity index (χ0) is 17.4. The number of hydrogen-bond donors (Lipinski definition) is 0. The van der Waals surface area contributed by atoms with Gasteiger partial charge < -0.3 is 9.64 Å². The van der Waals surface area contributed by atoms with E-state index in [1.165, 1.54) is 0 Å². The average Bonchev–Trinajstić information content (AvgIpc) is 3.53. The first-order valence-electron chi connectivity index (χ1n) is 8.86. The van der Waals surface area contributed by atoms with Crippen molar-refractivity contribution in [2.75, 3.05) is 7.11 Å². The summed E-state index contributed by atoms with van der Waals surface area (Å²) in [5, 5.41) is 0.769. The third-order valence-electron chi connectivity index (χ3n) is 5.22. The minimum Gasteiger partial charge on any atom is -0.496 e. The summed E-state index contributed by atoms with van der Waals surface area (Å²) in [6, 6.07) is 16.2. The van der Waals surface area contributed by atoms with E-state index in [4.69, 9.17) is 16.3 Å². The fourth-order valence-corrected chi connectivity index (χ4v) is 3.87. The molecule has 2 atom stereocenters. The Morgan fingerprint density at radius 3 is 2.60 bits per heavy atom. The SMILES string of the molecule is COc1ccccc1CN(C(=O)C1CC1c1ccccc1Cl)C1CC1. The number of carbonyl (C=O) groups excluding carboxylic acids is 1. The van der Waals surface area contributed by atoms with E-state index in [2.05, 4.69) is 4.90 Å². The van der Waals surface area contributed by atoms with Crippen molar-refractivity contribution in [1.82, 2.24) is 4.90 Å². The first kappa shape index (κ1) is 16.5. The van der Waals surface area contributed by atoms with E-state index in [1.807, 2.05) is 48.5 Å². The van der Waals surface area contributed by atoms with E-state index in [9.17, 15) is 4.79 Å². The Kier molecular flexibility index (Phi) is 4.43. The highest BCUT2D eigenvalue weighted by Crippen LogP contribution is 2.51. The van der Waals surface area contributed by atoms with Crippen molar-refractivity contribution < 1.29 is 9.53 Å². The molecule has 0 aliphatic heterocycles. The minimum absolute atomic E-state index is 0.0650. The van der Waals surface area contributed by atoms with Crippen LogP contribution in [0.2, 0.25) is 5.02 Å². The van der Waals surface area contributed by atoms with Crippen LogP contribution >= 0.6 is 11.6 Å². The molecule has 3 nitrogen and oxygen atoms in total. The van der Waals surface area contributed by atoms with Crippen LogP contribution in [0.4, 0.5) is 0 Å². The Morgan fingerprint density at radius 2 is 1.88 bits per heavy atom. The van der Waals surface area contributed by atoms with Crippen molar-refractivity contribution >= 4 is 17.5 Å². The van der Waals surface area contributed by atoms with Gasteiger partial charge in [0.2, 0.25) is 5.91 Å². The summed E-state index contributed by atoms with van der Waals surface area (Å²) < 4.78 is 5.45. The van der Waals surface area contributed by atoms with Crippen LogP contribution in [-0.4, -0.2) is 24.0 Å². The monoisotopic (exact) mass is 355 g/mol. The molecule has 0 N–H and O–H groups in total. The van der Waals surface area contributed by atoms with Crippen molar-refractivity contribution in [2.45, 2.75) is 37.8 Å². The molecule has 0 spiro atoms. The van der Waals surface area contributed by atoms with E-state index in [0.717, 1.165) is 41.2 Å². The van der Waals surface area contributed by atoms with Gasteiger partial charge in [0.05, 0.1) is 7.11 Å². The molecular weight excluding hydrogens is 334 g/mol. The summed E-state index contributed by atoms with van der Waals surface area (Å²) in [5.41, 5.74) is 2.18. The molecule has 4 heteroatoms. The molecule has 2 aliphatic rings. The lowest BCUT2D eigenvalue weighted by Gasteiger charge is -2.24. The zero-order valence-electron chi connectivity index (χ0n) is 14.3. The van der Waals surface area contributed by atoms with Gasteiger partial charge in [-0.25, -0.2) is 0 Å². The number of para-hydroxylation sites is 1. The summed E-state index contributed by atoms with van der Waals surface area (Å²) in [6.45, 7) is 0.624. The van der Waals surface area contributed by atoms with Crippen molar-refractivity contribution in [3.8, 4) is 5.75 Å². The van der Waals surface area contributed by atoms with Crippen LogP contribution in [0.15, 0.2) is 48.5 Å². The van der Waals surface area contributed by atoms with Gasteiger partial charge in [0, 0.05) is 29.1 Å². The maximum Gasteiger partial charge on any atom is 0.226 e. The van der Waals surface area contributed by atoms with Gasteiger partial charge in [0.15, 0.2) is 0 Å². The molecule has 2 fully saturated rings. The van der Waals surface area contributed by atoms with Gasteiger partial charge in [-0.3, -0.25) is 4.79 Å². The number of amides is 1. The molecule has 0 saturated heterocycles. The first-order valence-corrected chi connectivity index (χ1v) is 9.23. The molecule has 2 unspecified atom stereocenters. The maximum atomic E-state index is 13.1. The second-order valence-corrected chi connectivity index (χ2v) is 7.39. The van der Waals surface area contributed by atoms with Gasteiger partial charge in [-0.15, -0.1) is 0 Å². The number of halogens is 1. The number of benzene rings is 2. The van der Waals surface area contributed by atoms with Crippen molar-refractivity contribution in [3.63, 3.8) is 0 Å². The highest BCUT2D eigenvalue weighted by molar-refractivity contribution is 6.31. The molecule has 0 bridgehead atoms. The Balaban J connectivity index is 1.51. The van der Waals surface area contributed by atoms with Crippen molar-refractivity contribution in [3.05, 3.63) is 64.7 Å². The van der Waals surface area contributed by atoms with Crippen molar-refractivity contribution in [1.29, 1.82) is 0 Å². The van der Waals surface area contributed by atoms with Crippen LogP contribution in [0.25, 0.3) is 0 Å². The van der Waals surface area contributed by atoms with Crippen LogP contribution in [-0.2, 0) is 11.3 Å². The van der Waals surface area contributed by atoms with Gasteiger partial charge in [0.25, 0.3) is 0 Å². The van der Waals surface area contributed by atoms with E-state index in [1.54, 1.807) is 7.11 Å². The van der Waals surface area contributed by atoms with E-state index >= 15 is 0 Å². The summed E-state index contributed by atoms with van der Waals surface area (Å²) in [4.78, 5) is 15.2. The van der Waals surface area contributed by atoms with Crippen LogP contribution in [0.5, 0.6) is 5.75 Å². The van der Waals surface area contributed by atoms with E-state index in [0.29, 0.717) is 12.6 Å². The highest BCUT2D eigenvalue weighted by Gasteiger charge is 2.48. The maximum absolute atomic E-state index is 13.1. The van der Waals surface area contributed by atoms with Crippen molar-refractivity contribution in [2.24, 2.45) is 5.92 Å². The third kappa shape index (κ3) is 3.38. The van der Waals surface area contributed by atoms with E-state index in [-0.39, 0.29) is 17.7 Å². The lowest BCUT2D eigenvalue weighted by atomic mass is 10.1. The molecule has 1 amide bonds. The molecule has 25 heavy (non-hydrogen) atoms. The summed E-state index contributed by atoms with van der Waals surface area (Å²) >= 11 is 6.31. The largest absolute Gasteiger partial charge is 0.496 e. The number of rotatable bonds is 6. The van der Waals surface area contributed by atoms with Crippen LogP contribution in [0, 0.1) is 5.92 Å². The number of ether oxygens (including phenoxy) is 1. The molecule has 2 aromatic carbocycles. The number of carbonyl (C=O) groups is 1. The molecular formula is C21H22ClNO2. The van der Waals surface area contributed by atoms with Gasteiger partial charge in [-0.05, 0) is 42.9 Å². The topological polar surface area (TPSA) is 29.5 Å². The summed E-state index contributed by atoms with van der Waals surface area (Å²) in [5.74, 6) is 1.44. The molecule has 0 aromatic heterocycles. The summed E-state index contributed by atoms with van der Waals surface area (Å²) in [6.07, 6.45) is 3.10. The van der Waals surface area contributed by atoms with Gasteiger partial charge in [-0.1, -0.05) is 48.0 Å². The molecule has 2 aromatic rings. The Bertz CT molecular complexity index is 787. The van der Waals surface area contributed by atoms with E-state index < -0.39 is 0 Å². The number of hydrogen-bond acceptors (Lipinski definition) is 2. The second kappa shape index (κ2) is 6.72. The Labute approximate surface area is 153 Å². The van der Waals surface area contributed by atoms with Crippen LogP contribution in [0.1, 0.15) is 36.3 Å². The Hall–Kier alpha value is -2.00. The molecule has 130 valence electrons. The fourth-order valence-electron chi connectivity index (χ4n) is 3.59. The van der Waals surface area contributed by atoms with Gasteiger partial charge in [0.1, 0.15) is 5.75 Å². The average molecular weight is 356 g/mol. The predicted octanol–water partition coefficient (Wildman–Crippen LogP) is 4.64. The fraction of sp³-hybridized carbons (Fsp3) is 0.381. The lowest BCUT2D eigenvalue weighted by Crippen LogP contribution is -2.34. The molecule has 2 aliphatic carbocycles. The predicted molar refractivity (Wildman–Crippen MR) is 98.9 cm³/mol. The number of methoxy groups -OCH3 is 1. The lowest BCUT2D eigenvalue weighted by molar-refractivity contribution is -0.133. The third-order valence-corrected chi connectivity index (χ3v) is 5.56. The molecule has 0 radical (unpaired) electrons. The molecule has 0 heterocycles. The van der Waals surface area contributed by atoms with Crippen LogP contribution in [0.3, 0.4) is 0 Å². The quantitative estimate of drug-likeness (QED) is 0.755. The Morgan fingerprint density at radius 1 is 1.16 bits per heavy atom. The van der Waals surface area contributed by atoms with Gasteiger partial charge in [-0.2, -0.15) is 0 Å². The minimum atomic E-state index is 0.0650. The first-order chi connectivity index (χ1) is 12.2. The smallest absolute Gasteiger partial charge is 0.226 e.